The van der Waals surface area contributed by atoms with E-state index in [1.807, 2.05) is 36.4 Å². The normalized spacial score (nSPS) is 11.0. The Kier molecular flexibility index (Phi) is 6.47. The largest absolute Gasteiger partial charge is 0.341 e. The number of amides is 1. The number of carbonyl (C=O) groups excluding carboxylic acids is 1. The van der Waals surface area contributed by atoms with E-state index in [2.05, 4.69) is 36.1 Å². The van der Waals surface area contributed by atoms with Gasteiger partial charge in [0.25, 0.3) is 0 Å². The molecule has 5 nitrogen and oxygen atoms in total. The quantitative estimate of drug-likeness (QED) is 0.556. The van der Waals surface area contributed by atoms with Gasteiger partial charge in [0, 0.05) is 37.0 Å². The molecule has 0 atom stereocenters. The number of aryl methyl sites for hydroxylation is 1. The second-order valence-corrected chi connectivity index (χ2v) is 7.54. The van der Waals surface area contributed by atoms with E-state index >= 15 is 0 Å². The Morgan fingerprint density at radius 2 is 1.86 bits per heavy atom. The molecule has 0 bridgehead atoms. The molecule has 3 rings (SSSR count). The maximum atomic E-state index is 12.4. The van der Waals surface area contributed by atoms with Gasteiger partial charge in [-0.15, -0.1) is 0 Å². The Balaban J connectivity index is 1.56. The molecule has 0 fully saturated rings. The SMILES string of the molecule is CC(C)c1ccc(-c2noc(CCC(=O)N(C)Cc3ccccc3Cl)n2)cc1. The maximum absolute atomic E-state index is 12.4. The molecular formula is C22H24ClN3O2. The van der Waals surface area contributed by atoms with Crippen LogP contribution < -0.4 is 0 Å². The molecular weight excluding hydrogens is 374 g/mol. The molecule has 0 radical (unpaired) electrons. The summed E-state index contributed by atoms with van der Waals surface area (Å²) in [5.74, 6) is 1.48. The molecule has 0 aliphatic rings. The number of nitrogens with zero attached hydrogens (tertiary/aromatic N) is 3. The van der Waals surface area contributed by atoms with Gasteiger partial charge in [-0.2, -0.15) is 4.98 Å². The van der Waals surface area contributed by atoms with Crippen molar-refractivity contribution < 1.29 is 9.32 Å². The highest BCUT2D eigenvalue weighted by atomic mass is 35.5. The van der Waals surface area contributed by atoms with Crippen molar-refractivity contribution in [2.45, 2.75) is 39.2 Å². The van der Waals surface area contributed by atoms with E-state index in [4.69, 9.17) is 16.1 Å². The highest BCUT2D eigenvalue weighted by molar-refractivity contribution is 6.31. The summed E-state index contributed by atoms with van der Waals surface area (Å²) in [5.41, 5.74) is 3.09. The van der Waals surface area contributed by atoms with E-state index in [1.54, 1.807) is 11.9 Å². The van der Waals surface area contributed by atoms with E-state index in [9.17, 15) is 4.79 Å². The summed E-state index contributed by atoms with van der Waals surface area (Å²) in [7, 11) is 1.77. The van der Waals surface area contributed by atoms with Crippen LogP contribution in [-0.2, 0) is 17.8 Å². The first-order valence-corrected chi connectivity index (χ1v) is 9.72. The molecule has 3 aromatic rings. The van der Waals surface area contributed by atoms with Crippen molar-refractivity contribution in [3.63, 3.8) is 0 Å². The lowest BCUT2D eigenvalue weighted by Crippen LogP contribution is -2.26. The topological polar surface area (TPSA) is 59.2 Å². The van der Waals surface area contributed by atoms with Gasteiger partial charge in [0.15, 0.2) is 0 Å². The summed E-state index contributed by atoms with van der Waals surface area (Å²) < 4.78 is 5.31. The molecule has 0 aliphatic carbocycles. The zero-order valence-corrected chi connectivity index (χ0v) is 17.1. The van der Waals surface area contributed by atoms with Gasteiger partial charge in [0.1, 0.15) is 0 Å². The van der Waals surface area contributed by atoms with Crippen molar-refractivity contribution in [2.24, 2.45) is 0 Å². The fourth-order valence-corrected chi connectivity index (χ4v) is 3.06. The maximum Gasteiger partial charge on any atom is 0.227 e. The standard InChI is InChI=1S/C22H24ClN3O2/c1-15(2)16-8-10-17(11-9-16)22-24-20(28-25-22)12-13-21(27)26(3)14-18-6-4-5-7-19(18)23/h4-11,15H,12-14H2,1-3H3. The van der Waals surface area contributed by atoms with Crippen LogP contribution in [-0.4, -0.2) is 28.0 Å². The first-order valence-electron chi connectivity index (χ1n) is 9.34. The zero-order valence-electron chi connectivity index (χ0n) is 16.4. The highest BCUT2D eigenvalue weighted by Crippen LogP contribution is 2.21. The van der Waals surface area contributed by atoms with Gasteiger partial charge in [-0.3, -0.25) is 4.79 Å². The second kappa shape index (κ2) is 9.02. The number of hydrogen-bond donors (Lipinski definition) is 0. The van der Waals surface area contributed by atoms with Crippen LogP contribution >= 0.6 is 11.6 Å². The number of hydrogen-bond acceptors (Lipinski definition) is 4. The first kappa shape index (κ1) is 20.1. The third-order valence-electron chi connectivity index (χ3n) is 4.65. The Labute approximate surface area is 170 Å². The van der Waals surface area contributed by atoms with Crippen LogP contribution in [0.25, 0.3) is 11.4 Å². The number of rotatable bonds is 7. The molecule has 0 saturated heterocycles. The number of benzene rings is 2. The molecule has 0 aliphatic heterocycles. The van der Waals surface area contributed by atoms with Crippen molar-refractivity contribution in [3.8, 4) is 11.4 Å². The van der Waals surface area contributed by atoms with Gasteiger partial charge in [0.2, 0.25) is 17.6 Å². The fraction of sp³-hybridized carbons (Fsp3) is 0.318. The molecule has 0 spiro atoms. The van der Waals surface area contributed by atoms with E-state index < -0.39 is 0 Å². The molecule has 0 N–H and O–H groups in total. The third kappa shape index (κ3) is 4.98. The lowest BCUT2D eigenvalue weighted by atomic mass is 10.0. The molecule has 146 valence electrons. The monoisotopic (exact) mass is 397 g/mol. The smallest absolute Gasteiger partial charge is 0.227 e. The summed E-state index contributed by atoms with van der Waals surface area (Å²) in [6.07, 6.45) is 0.706. The summed E-state index contributed by atoms with van der Waals surface area (Å²) in [5, 5.41) is 4.69. The number of aromatic nitrogens is 2. The van der Waals surface area contributed by atoms with Crippen LogP contribution in [0.3, 0.4) is 0 Å². The molecule has 0 unspecified atom stereocenters. The Morgan fingerprint density at radius 3 is 2.54 bits per heavy atom. The van der Waals surface area contributed by atoms with Crippen LogP contribution in [0.1, 0.15) is 43.2 Å². The minimum Gasteiger partial charge on any atom is -0.341 e. The molecule has 1 amide bonds. The van der Waals surface area contributed by atoms with Crippen LogP contribution in [0, 0.1) is 0 Å². The second-order valence-electron chi connectivity index (χ2n) is 7.13. The Morgan fingerprint density at radius 1 is 1.14 bits per heavy atom. The predicted octanol–water partition coefficient (Wildman–Crippen LogP) is 5.10. The van der Waals surface area contributed by atoms with Crippen LogP contribution in [0.15, 0.2) is 53.1 Å². The molecule has 6 heteroatoms. The van der Waals surface area contributed by atoms with Gasteiger partial charge < -0.3 is 9.42 Å². The van der Waals surface area contributed by atoms with Crippen molar-refractivity contribution in [1.82, 2.24) is 15.0 Å². The number of halogens is 1. The lowest BCUT2D eigenvalue weighted by molar-refractivity contribution is -0.130. The molecule has 1 heterocycles. The highest BCUT2D eigenvalue weighted by Gasteiger charge is 2.14. The van der Waals surface area contributed by atoms with E-state index in [-0.39, 0.29) is 5.91 Å². The van der Waals surface area contributed by atoms with Crippen LogP contribution in [0.5, 0.6) is 0 Å². The van der Waals surface area contributed by atoms with E-state index in [1.165, 1.54) is 5.56 Å². The Bertz CT molecular complexity index is 935. The van der Waals surface area contributed by atoms with Crippen molar-refractivity contribution >= 4 is 17.5 Å². The van der Waals surface area contributed by atoms with Gasteiger partial charge in [0.05, 0.1) is 0 Å². The minimum atomic E-state index is 0.000885. The zero-order chi connectivity index (χ0) is 20.1. The molecule has 2 aromatic carbocycles. The van der Waals surface area contributed by atoms with E-state index in [0.717, 1.165) is 11.1 Å². The predicted molar refractivity (Wildman–Crippen MR) is 110 cm³/mol. The Hall–Kier alpha value is -2.66. The van der Waals surface area contributed by atoms with Crippen LogP contribution in [0.2, 0.25) is 5.02 Å². The van der Waals surface area contributed by atoms with Gasteiger partial charge >= 0.3 is 0 Å². The number of carbonyl (C=O) groups is 1. The van der Waals surface area contributed by atoms with Crippen molar-refractivity contribution in [3.05, 3.63) is 70.6 Å². The summed E-state index contributed by atoms with van der Waals surface area (Å²) in [4.78, 5) is 18.5. The summed E-state index contributed by atoms with van der Waals surface area (Å²) >= 11 is 6.16. The lowest BCUT2D eigenvalue weighted by Gasteiger charge is -2.17. The van der Waals surface area contributed by atoms with Gasteiger partial charge in [-0.1, -0.05) is 73.1 Å². The molecule has 0 saturated carbocycles. The first-order chi connectivity index (χ1) is 13.4. The van der Waals surface area contributed by atoms with Crippen molar-refractivity contribution in [2.75, 3.05) is 7.05 Å². The average Bonchev–Trinajstić information content (AvgIpc) is 3.17. The summed E-state index contributed by atoms with van der Waals surface area (Å²) in [6.45, 7) is 4.78. The van der Waals surface area contributed by atoms with Gasteiger partial charge in [-0.25, -0.2) is 0 Å². The van der Waals surface area contributed by atoms with Crippen LogP contribution in [0.4, 0.5) is 0 Å². The minimum absolute atomic E-state index is 0.000885. The van der Waals surface area contributed by atoms with Crippen molar-refractivity contribution in [1.29, 1.82) is 0 Å². The van der Waals surface area contributed by atoms with Gasteiger partial charge in [-0.05, 0) is 23.1 Å². The summed E-state index contributed by atoms with van der Waals surface area (Å²) in [6, 6.07) is 15.7. The van der Waals surface area contributed by atoms with E-state index in [0.29, 0.717) is 42.0 Å². The fourth-order valence-electron chi connectivity index (χ4n) is 2.87. The molecule has 28 heavy (non-hydrogen) atoms. The average molecular weight is 398 g/mol. The molecule has 1 aromatic heterocycles. The third-order valence-corrected chi connectivity index (χ3v) is 5.02.